The lowest BCUT2D eigenvalue weighted by Crippen LogP contribution is -2.48. The number of pyridine rings is 1. The molecule has 0 aliphatic carbocycles. The van der Waals surface area contributed by atoms with Crippen molar-refractivity contribution < 1.29 is 9.47 Å². The van der Waals surface area contributed by atoms with Crippen LogP contribution in [-0.4, -0.2) is 5.91 Å². The van der Waals surface area contributed by atoms with Crippen LogP contribution in [0.3, 0.4) is 0 Å². The molecule has 108 valence electrons. The van der Waals surface area contributed by atoms with E-state index in [0.29, 0.717) is 5.56 Å². The fraction of sp³-hybridized carbons (Fsp3) is 0.0526. The number of aromatic nitrogens is 1. The van der Waals surface area contributed by atoms with Crippen molar-refractivity contribution in [3.8, 4) is 0 Å². The summed E-state index contributed by atoms with van der Waals surface area (Å²) in [6.45, 7) is 0. The van der Waals surface area contributed by atoms with Gasteiger partial charge in [0.2, 0.25) is 6.20 Å². The molecule has 0 aliphatic heterocycles. The highest BCUT2D eigenvalue weighted by molar-refractivity contribution is 5.98. The largest absolute Gasteiger partial charge is 0.305 e. The third kappa shape index (κ3) is 3.58. The van der Waals surface area contributed by atoms with Gasteiger partial charge in [-0.05, 0) is 23.8 Å². The van der Waals surface area contributed by atoms with Crippen LogP contribution in [0, 0.1) is 0 Å². The molecule has 0 unspecified atom stereocenters. The first-order valence-corrected chi connectivity index (χ1v) is 7.22. The predicted molar refractivity (Wildman–Crippen MR) is 86.0 cm³/mol. The molecule has 0 saturated heterocycles. The minimum Gasteiger partial charge on any atom is -0.264 e. The van der Waals surface area contributed by atoms with Crippen LogP contribution >= 0.6 is 0 Å². The summed E-state index contributed by atoms with van der Waals surface area (Å²) in [5.41, 5.74) is 5.89. The summed E-state index contributed by atoms with van der Waals surface area (Å²) in [7, 11) is 0. The van der Waals surface area contributed by atoms with E-state index >= 15 is 0 Å². The number of carbonyl (C=O) groups excluding carboxylic acids is 1. The second-order valence-corrected chi connectivity index (χ2v) is 5.09. The SMILES string of the molecule is O=C(N[n+]1cccc(Cc2ccccc2)c1)c1ccccc1. The molecule has 1 N–H and O–H groups in total. The molecule has 1 aromatic heterocycles. The third-order valence-corrected chi connectivity index (χ3v) is 3.38. The van der Waals surface area contributed by atoms with E-state index in [0.717, 1.165) is 12.0 Å². The molecule has 0 atom stereocenters. The maximum absolute atomic E-state index is 12.2. The number of carbonyl (C=O) groups is 1. The third-order valence-electron chi connectivity index (χ3n) is 3.38. The lowest BCUT2D eigenvalue weighted by atomic mass is 10.1. The van der Waals surface area contributed by atoms with Crippen molar-refractivity contribution >= 4 is 5.91 Å². The summed E-state index contributed by atoms with van der Waals surface area (Å²) in [5, 5.41) is 0. The van der Waals surface area contributed by atoms with Crippen molar-refractivity contribution in [2.45, 2.75) is 6.42 Å². The summed E-state index contributed by atoms with van der Waals surface area (Å²) in [6.07, 6.45) is 4.60. The summed E-state index contributed by atoms with van der Waals surface area (Å²) < 4.78 is 1.70. The Morgan fingerprint density at radius 2 is 1.45 bits per heavy atom. The summed E-state index contributed by atoms with van der Waals surface area (Å²) in [5.74, 6) is -0.123. The molecule has 0 radical (unpaired) electrons. The summed E-state index contributed by atoms with van der Waals surface area (Å²) >= 11 is 0. The normalized spacial score (nSPS) is 10.2. The van der Waals surface area contributed by atoms with Crippen molar-refractivity contribution in [1.29, 1.82) is 0 Å². The van der Waals surface area contributed by atoms with Gasteiger partial charge in [0.15, 0.2) is 6.20 Å². The van der Waals surface area contributed by atoms with Gasteiger partial charge in [0.1, 0.15) is 0 Å². The smallest absolute Gasteiger partial charge is 0.264 e. The molecule has 3 nitrogen and oxygen atoms in total. The highest BCUT2D eigenvalue weighted by atomic mass is 16.2. The molecule has 3 rings (SSSR count). The highest BCUT2D eigenvalue weighted by Crippen LogP contribution is 2.06. The molecule has 0 saturated carbocycles. The van der Waals surface area contributed by atoms with Crippen LogP contribution in [0.5, 0.6) is 0 Å². The van der Waals surface area contributed by atoms with E-state index in [1.54, 1.807) is 16.8 Å². The quantitative estimate of drug-likeness (QED) is 0.736. The molecule has 0 spiro atoms. The molecule has 1 heterocycles. The number of hydrogen-bond donors (Lipinski definition) is 1. The number of hydrogen-bond acceptors (Lipinski definition) is 1. The molecular formula is C19H17N2O+. The van der Waals surface area contributed by atoms with E-state index in [-0.39, 0.29) is 5.91 Å². The summed E-state index contributed by atoms with van der Waals surface area (Å²) in [4.78, 5) is 12.2. The zero-order valence-electron chi connectivity index (χ0n) is 12.1. The lowest BCUT2D eigenvalue weighted by Gasteiger charge is -2.02. The van der Waals surface area contributed by atoms with Gasteiger partial charge in [0.25, 0.3) is 0 Å². The molecule has 2 aromatic carbocycles. The first kappa shape index (κ1) is 14.0. The van der Waals surface area contributed by atoms with Gasteiger partial charge in [0, 0.05) is 23.6 Å². The molecule has 3 aromatic rings. The van der Waals surface area contributed by atoms with E-state index in [1.165, 1.54) is 5.56 Å². The number of benzene rings is 2. The predicted octanol–water partition coefficient (Wildman–Crippen LogP) is 2.95. The zero-order chi connectivity index (χ0) is 15.2. The van der Waals surface area contributed by atoms with Gasteiger partial charge in [-0.15, -0.1) is 5.43 Å². The Morgan fingerprint density at radius 1 is 0.818 bits per heavy atom. The standard InChI is InChI=1S/C19H16N2O/c22-19(18-11-5-2-6-12-18)20-21-13-7-10-17(15-21)14-16-8-3-1-4-9-16/h1-13,15H,14H2/p+1. The maximum Gasteiger partial charge on any atom is 0.305 e. The van der Waals surface area contributed by atoms with Crippen molar-refractivity contribution in [2.24, 2.45) is 0 Å². The van der Waals surface area contributed by atoms with E-state index in [1.807, 2.05) is 54.9 Å². The van der Waals surface area contributed by atoms with Crippen LogP contribution in [0.15, 0.2) is 85.2 Å². The molecule has 0 aliphatic rings. The average molecular weight is 289 g/mol. The van der Waals surface area contributed by atoms with Crippen molar-refractivity contribution in [1.82, 2.24) is 0 Å². The number of rotatable bonds is 4. The molecular weight excluding hydrogens is 272 g/mol. The average Bonchev–Trinajstić information content (AvgIpc) is 2.57. The Kier molecular flexibility index (Phi) is 4.25. The molecule has 0 bridgehead atoms. The van der Waals surface area contributed by atoms with Gasteiger partial charge < -0.3 is 0 Å². The Hall–Kier alpha value is -2.94. The number of nitrogens with zero attached hydrogens (tertiary/aromatic N) is 1. The van der Waals surface area contributed by atoms with Crippen molar-refractivity contribution in [3.63, 3.8) is 0 Å². The first-order valence-electron chi connectivity index (χ1n) is 7.22. The van der Waals surface area contributed by atoms with Crippen molar-refractivity contribution in [2.75, 3.05) is 5.43 Å². The Balaban J connectivity index is 1.73. The number of amides is 1. The van der Waals surface area contributed by atoms with Crippen LogP contribution < -0.4 is 10.1 Å². The van der Waals surface area contributed by atoms with Crippen LogP contribution in [0.4, 0.5) is 0 Å². The zero-order valence-corrected chi connectivity index (χ0v) is 12.1. The van der Waals surface area contributed by atoms with Crippen LogP contribution in [0.2, 0.25) is 0 Å². The molecule has 1 amide bonds. The van der Waals surface area contributed by atoms with Gasteiger partial charge in [-0.1, -0.05) is 53.2 Å². The van der Waals surface area contributed by atoms with Gasteiger partial charge in [-0.25, -0.2) is 0 Å². The van der Waals surface area contributed by atoms with Crippen LogP contribution in [-0.2, 0) is 6.42 Å². The highest BCUT2D eigenvalue weighted by Gasteiger charge is 2.10. The second-order valence-electron chi connectivity index (χ2n) is 5.09. The minimum atomic E-state index is -0.123. The molecule has 22 heavy (non-hydrogen) atoms. The maximum atomic E-state index is 12.2. The fourth-order valence-electron chi connectivity index (χ4n) is 2.30. The van der Waals surface area contributed by atoms with E-state index in [4.69, 9.17) is 0 Å². The first-order chi connectivity index (χ1) is 10.8. The molecule has 3 heteroatoms. The van der Waals surface area contributed by atoms with Crippen molar-refractivity contribution in [3.05, 3.63) is 102 Å². The van der Waals surface area contributed by atoms with Gasteiger partial charge in [0.05, 0.1) is 0 Å². The van der Waals surface area contributed by atoms with E-state index in [9.17, 15) is 4.79 Å². The topological polar surface area (TPSA) is 33.0 Å². The minimum absolute atomic E-state index is 0.123. The van der Waals surface area contributed by atoms with E-state index < -0.39 is 0 Å². The Bertz CT molecular complexity index is 755. The van der Waals surface area contributed by atoms with Crippen LogP contribution in [0.1, 0.15) is 21.5 Å². The Morgan fingerprint density at radius 3 is 2.18 bits per heavy atom. The van der Waals surface area contributed by atoms with Gasteiger partial charge in [-0.3, -0.25) is 4.79 Å². The van der Waals surface area contributed by atoms with E-state index in [2.05, 4.69) is 23.6 Å². The second kappa shape index (κ2) is 6.68. The monoisotopic (exact) mass is 289 g/mol. The van der Waals surface area contributed by atoms with Crippen LogP contribution in [0.25, 0.3) is 0 Å². The molecule has 0 fully saturated rings. The number of nitrogens with one attached hydrogen (secondary N) is 1. The fourth-order valence-corrected chi connectivity index (χ4v) is 2.30. The summed E-state index contributed by atoms with van der Waals surface area (Å²) in [6, 6.07) is 23.4. The Labute approximate surface area is 129 Å². The lowest BCUT2D eigenvalue weighted by molar-refractivity contribution is -0.641. The van der Waals surface area contributed by atoms with Gasteiger partial charge >= 0.3 is 5.91 Å². The van der Waals surface area contributed by atoms with Gasteiger partial charge in [-0.2, -0.15) is 0 Å².